The number of Topliss-reactive ketones (excluding diaryl/α,β-unsaturated/α-hetero) is 1. The number of aliphatic hydroxyl groups is 1. The number of benzene rings is 3. The lowest BCUT2D eigenvalue weighted by molar-refractivity contribution is -0.132. The number of ketones is 1. The third-order valence-electron chi connectivity index (χ3n) is 5.47. The van der Waals surface area contributed by atoms with E-state index in [2.05, 4.69) is 20.9 Å². The van der Waals surface area contributed by atoms with E-state index < -0.39 is 23.5 Å². The summed E-state index contributed by atoms with van der Waals surface area (Å²) in [5.74, 6) is -2.44. The summed E-state index contributed by atoms with van der Waals surface area (Å²) in [6.07, 6.45) is 0. The Kier molecular flexibility index (Phi) is 5.34. The second-order valence-electron chi connectivity index (χ2n) is 7.70. The number of carbonyl (C=O) groups excluding carboxylic acids is 2. The van der Waals surface area contributed by atoms with Crippen LogP contribution in [0.5, 0.6) is 0 Å². The van der Waals surface area contributed by atoms with Crippen LogP contribution in [-0.2, 0) is 9.59 Å². The number of thiazole rings is 1. The molecule has 0 bridgehead atoms. The van der Waals surface area contributed by atoms with Crippen molar-refractivity contribution in [1.29, 1.82) is 0 Å². The summed E-state index contributed by atoms with van der Waals surface area (Å²) in [6.45, 7) is 1.97. The van der Waals surface area contributed by atoms with Gasteiger partial charge in [-0.25, -0.2) is 9.37 Å². The fourth-order valence-corrected chi connectivity index (χ4v) is 5.42. The van der Waals surface area contributed by atoms with Crippen LogP contribution in [-0.4, -0.2) is 21.8 Å². The van der Waals surface area contributed by atoms with E-state index in [-0.39, 0.29) is 16.9 Å². The number of halogens is 2. The van der Waals surface area contributed by atoms with Gasteiger partial charge in [-0.15, -0.1) is 0 Å². The highest BCUT2D eigenvalue weighted by atomic mass is 79.9. The van der Waals surface area contributed by atoms with Crippen molar-refractivity contribution in [2.45, 2.75) is 13.0 Å². The third kappa shape index (κ3) is 3.75. The average molecular weight is 523 g/mol. The van der Waals surface area contributed by atoms with E-state index in [0.717, 1.165) is 14.7 Å². The van der Waals surface area contributed by atoms with Crippen molar-refractivity contribution in [3.8, 4) is 0 Å². The molecule has 1 aliphatic heterocycles. The lowest BCUT2D eigenvalue weighted by Gasteiger charge is -2.23. The molecule has 1 aliphatic rings. The minimum atomic E-state index is -0.894. The van der Waals surface area contributed by atoms with Crippen molar-refractivity contribution >= 4 is 60.1 Å². The largest absolute Gasteiger partial charge is 0.507 e. The zero-order valence-electron chi connectivity index (χ0n) is 17.3. The molecular weight excluding hydrogens is 507 g/mol. The van der Waals surface area contributed by atoms with Crippen molar-refractivity contribution in [1.82, 2.24) is 4.98 Å². The first-order chi connectivity index (χ1) is 15.8. The molecule has 8 heteroatoms. The van der Waals surface area contributed by atoms with E-state index >= 15 is 0 Å². The fourth-order valence-electron chi connectivity index (χ4n) is 3.91. The van der Waals surface area contributed by atoms with Crippen LogP contribution in [0.1, 0.15) is 22.7 Å². The van der Waals surface area contributed by atoms with E-state index in [1.807, 2.05) is 31.2 Å². The van der Waals surface area contributed by atoms with Crippen molar-refractivity contribution in [2.24, 2.45) is 0 Å². The summed E-state index contributed by atoms with van der Waals surface area (Å²) in [6, 6.07) is 17.2. The number of nitrogens with zero attached hydrogens (tertiary/aromatic N) is 2. The van der Waals surface area contributed by atoms with Crippen LogP contribution >= 0.6 is 27.3 Å². The number of hydrogen-bond donors (Lipinski definition) is 1. The molecule has 0 radical (unpaired) electrons. The second-order valence-corrected chi connectivity index (χ2v) is 9.62. The Morgan fingerprint density at radius 3 is 2.58 bits per heavy atom. The molecule has 0 saturated carbocycles. The number of rotatable bonds is 3. The summed E-state index contributed by atoms with van der Waals surface area (Å²) in [5, 5.41) is 11.4. The van der Waals surface area contributed by atoms with Crippen molar-refractivity contribution in [3.05, 3.63) is 99.3 Å². The zero-order chi connectivity index (χ0) is 23.3. The smallest absolute Gasteiger partial charge is 0.301 e. The van der Waals surface area contributed by atoms with Gasteiger partial charge in [0.05, 0.1) is 21.8 Å². The number of fused-ring (bicyclic) bond motifs is 1. The maximum atomic E-state index is 13.4. The van der Waals surface area contributed by atoms with Gasteiger partial charge in [-0.05, 0) is 66.6 Å². The van der Waals surface area contributed by atoms with Crippen LogP contribution in [0.2, 0.25) is 0 Å². The number of anilines is 1. The molecule has 1 fully saturated rings. The van der Waals surface area contributed by atoms with Gasteiger partial charge in [-0.2, -0.15) is 0 Å². The van der Waals surface area contributed by atoms with E-state index in [1.54, 1.807) is 18.2 Å². The molecule has 1 amide bonds. The van der Waals surface area contributed by atoms with Gasteiger partial charge in [0.2, 0.25) is 0 Å². The van der Waals surface area contributed by atoms with Crippen LogP contribution in [0.15, 0.2) is 76.8 Å². The van der Waals surface area contributed by atoms with Crippen molar-refractivity contribution < 1.29 is 19.1 Å². The molecule has 0 spiro atoms. The Balaban J connectivity index is 1.74. The fraction of sp³-hybridized carbons (Fsp3) is 0.0800. The topological polar surface area (TPSA) is 70.5 Å². The molecule has 164 valence electrons. The van der Waals surface area contributed by atoms with Gasteiger partial charge in [-0.3, -0.25) is 14.5 Å². The summed E-state index contributed by atoms with van der Waals surface area (Å²) >= 11 is 4.74. The first-order valence-corrected chi connectivity index (χ1v) is 11.6. The first-order valence-electron chi connectivity index (χ1n) is 10.0. The van der Waals surface area contributed by atoms with Crippen LogP contribution < -0.4 is 4.90 Å². The van der Waals surface area contributed by atoms with Crippen LogP contribution in [0.4, 0.5) is 9.52 Å². The molecular formula is C25H16BrFN2O3S. The van der Waals surface area contributed by atoms with Gasteiger partial charge in [-0.1, -0.05) is 45.5 Å². The summed E-state index contributed by atoms with van der Waals surface area (Å²) in [5.41, 5.74) is 2.57. The van der Waals surface area contributed by atoms with Gasteiger partial charge in [0, 0.05) is 10.0 Å². The third-order valence-corrected chi connectivity index (χ3v) is 6.98. The standard InChI is InChI=1S/C25H16BrFN2O3S/c1-13-5-10-18-19(11-13)33-25(28-18)29-21(15-3-2-4-16(26)12-15)20(23(31)24(29)32)22(30)14-6-8-17(27)9-7-14/h2-12,21,30H,1H3/b22-20+/t21-/m0/s1. The van der Waals surface area contributed by atoms with Gasteiger partial charge in [0.15, 0.2) is 5.13 Å². The Labute approximate surface area is 200 Å². The molecule has 1 aromatic heterocycles. The molecule has 0 unspecified atom stereocenters. The highest BCUT2D eigenvalue weighted by Gasteiger charge is 2.48. The molecule has 0 aliphatic carbocycles. The molecule has 1 saturated heterocycles. The Bertz CT molecular complexity index is 1460. The molecule has 33 heavy (non-hydrogen) atoms. The van der Waals surface area contributed by atoms with E-state index in [1.165, 1.54) is 40.5 Å². The van der Waals surface area contributed by atoms with Crippen LogP contribution in [0.25, 0.3) is 16.0 Å². The molecule has 1 atom stereocenters. The lowest BCUT2D eigenvalue weighted by Crippen LogP contribution is -2.29. The number of carbonyl (C=O) groups is 2. The maximum absolute atomic E-state index is 13.4. The van der Waals surface area contributed by atoms with E-state index in [0.29, 0.717) is 16.2 Å². The second kappa shape index (κ2) is 8.20. The van der Waals surface area contributed by atoms with Gasteiger partial charge < -0.3 is 5.11 Å². The predicted molar refractivity (Wildman–Crippen MR) is 130 cm³/mol. The van der Waals surface area contributed by atoms with Gasteiger partial charge in [0.25, 0.3) is 5.78 Å². The molecule has 4 aromatic rings. The number of aryl methyl sites for hydroxylation is 1. The molecule has 3 aromatic carbocycles. The number of aromatic nitrogens is 1. The number of aliphatic hydroxyl groups excluding tert-OH is 1. The van der Waals surface area contributed by atoms with E-state index in [9.17, 15) is 19.1 Å². The number of hydrogen-bond acceptors (Lipinski definition) is 5. The van der Waals surface area contributed by atoms with Crippen molar-refractivity contribution in [2.75, 3.05) is 4.90 Å². The van der Waals surface area contributed by atoms with Crippen LogP contribution in [0.3, 0.4) is 0 Å². The average Bonchev–Trinajstić information content (AvgIpc) is 3.32. The molecule has 2 heterocycles. The van der Waals surface area contributed by atoms with Crippen molar-refractivity contribution in [3.63, 3.8) is 0 Å². The Morgan fingerprint density at radius 2 is 1.85 bits per heavy atom. The first kappa shape index (κ1) is 21.5. The van der Waals surface area contributed by atoms with Gasteiger partial charge in [0.1, 0.15) is 11.6 Å². The molecule has 5 rings (SSSR count). The molecule has 5 nitrogen and oxygen atoms in total. The highest BCUT2D eigenvalue weighted by molar-refractivity contribution is 9.10. The maximum Gasteiger partial charge on any atom is 0.301 e. The minimum Gasteiger partial charge on any atom is -0.507 e. The minimum absolute atomic E-state index is 0.0693. The summed E-state index contributed by atoms with van der Waals surface area (Å²) in [7, 11) is 0. The summed E-state index contributed by atoms with van der Waals surface area (Å²) in [4.78, 5) is 32.4. The highest BCUT2D eigenvalue weighted by Crippen LogP contribution is 2.44. The monoisotopic (exact) mass is 522 g/mol. The normalized spacial score (nSPS) is 17.8. The summed E-state index contributed by atoms with van der Waals surface area (Å²) < 4.78 is 15.1. The Morgan fingerprint density at radius 1 is 1.09 bits per heavy atom. The molecule has 1 N–H and O–H groups in total. The SMILES string of the molecule is Cc1ccc2nc(N3C(=O)C(=O)/C(=C(/O)c4ccc(F)cc4)[C@@H]3c3cccc(Br)c3)sc2c1. The van der Waals surface area contributed by atoms with Crippen LogP contribution in [0, 0.1) is 12.7 Å². The lowest BCUT2D eigenvalue weighted by atomic mass is 9.95. The van der Waals surface area contributed by atoms with E-state index in [4.69, 9.17) is 0 Å². The van der Waals surface area contributed by atoms with Gasteiger partial charge >= 0.3 is 5.91 Å². The quantitative estimate of drug-likeness (QED) is 0.199. The predicted octanol–water partition coefficient (Wildman–Crippen LogP) is 6.13. The Hall–Kier alpha value is -3.36. The zero-order valence-corrected chi connectivity index (χ0v) is 19.7. The number of amides is 1.